The molecule has 0 bridgehead atoms. The van der Waals surface area contributed by atoms with E-state index in [0.29, 0.717) is 5.25 Å². The minimum Gasteiger partial charge on any atom is -0.314 e. The van der Waals surface area contributed by atoms with Gasteiger partial charge in [0.25, 0.3) is 0 Å². The van der Waals surface area contributed by atoms with Gasteiger partial charge in [-0.1, -0.05) is 19.9 Å². The van der Waals surface area contributed by atoms with E-state index in [4.69, 9.17) is 0 Å². The van der Waals surface area contributed by atoms with Crippen LogP contribution in [0.1, 0.15) is 19.4 Å². The highest BCUT2D eigenvalue weighted by Crippen LogP contribution is 2.31. The van der Waals surface area contributed by atoms with Crippen LogP contribution in [0.15, 0.2) is 27.6 Å². The lowest BCUT2D eigenvalue weighted by Gasteiger charge is -2.27. The average Bonchev–Trinajstić information content (AvgIpc) is 2.40. The predicted octanol–water partition coefficient (Wildman–Crippen LogP) is 3.40. The summed E-state index contributed by atoms with van der Waals surface area (Å²) in [6, 6.07) is 6.81. The Labute approximate surface area is 129 Å². The lowest BCUT2D eigenvalue weighted by molar-refractivity contribution is 0.244. The first-order chi connectivity index (χ1) is 9.15. The van der Waals surface area contributed by atoms with E-state index in [1.54, 1.807) is 0 Å². The van der Waals surface area contributed by atoms with Crippen molar-refractivity contribution < 1.29 is 0 Å². The van der Waals surface area contributed by atoms with Crippen LogP contribution in [0.2, 0.25) is 0 Å². The van der Waals surface area contributed by atoms with Crippen LogP contribution >= 0.6 is 27.7 Å². The maximum Gasteiger partial charge on any atom is 0.0314 e. The van der Waals surface area contributed by atoms with E-state index in [1.807, 2.05) is 11.8 Å². The molecule has 4 heteroatoms. The molecule has 106 valence electrons. The fourth-order valence-corrected chi connectivity index (χ4v) is 3.80. The van der Waals surface area contributed by atoms with Crippen molar-refractivity contribution in [3.05, 3.63) is 28.2 Å². The third-order valence-electron chi connectivity index (χ3n) is 3.29. The second kappa shape index (κ2) is 7.67. The molecule has 1 saturated heterocycles. The quantitative estimate of drug-likeness (QED) is 0.825. The first-order valence-corrected chi connectivity index (χ1v) is 8.70. The SMILES string of the molecule is CC(C)Sc1ccc(CCN2CCNCC2)cc1Br. The molecule has 0 aliphatic carbocycles. The van der Waals surface area contributed by atoms with Gasteiger partial charge in [-0.15, -0.1) is 11.8 Å². The number of hydrogen-bond acceptors (Lipinski definition) is 3. The number of halogens is 1. The van der Waals surface area contributed by atoms with Gasteiger partial charge in [-0.05, 0) is 40.0 Å². The topological polar surface area (TPSA) is 15.3 Å². The summed E-state index contributed by atoms with van der Waals surface area (Å²) in [5, 5.41) is 4.02. The van der Waals surface area contributed by atoms with Gasteiger partial charge in [-0.2, -0.15) is 0 Å². The Bertz CT molecular complexity index is 403. The summed E-state index contributed by atoms with van der Waals surface area (Å²) < 4.78 is 1.24. The molecule has 1 N–H and O–H groups in total. The minimum absolute atomic E-state index is 0.628. The Morgan fingerprint density at radius 1 is 1.32 bits per heavy atom. The van der Waals surface area contributed by atoms with Crippen molar-refractivity contribution >= 4 is 27.7 Å². The van der Waals surface area contributed by atoms with Crippen molar-refractivity contribution in [2.75, 3.05) is 32.7 Å². The smallest absolute Gasteiger partial charge is 0.0314 e. The maximum absolute atomic E-state index is 3.70. The Hall–Kier alpha value is -0.0300. The summed E-state index contributed by atoms with van der Waals surface area (Å²) in [7, 11) is 0. The highest BCUT2D eigenvalue weighted by Gasteiger charge is 2.10. The molecule has 0 atom stereocenters. The first-order valence-electron chi connectivity index (χ1n) is 7.03. The van der Waals surface area contributed by atoms with E-state index in [1.165, 1.54) is 34.6 Å². The highest BCUT2D eigenvalue weighted by atomic mass is 79.9. The van der Waals surface area contributed by atoms with E-state index >= 15 is 0 Å². The molecule has 0 unspecified atom stereocenters. The summed E-state index contributed by atoms with van der Waals surface area (Å²) in [6.45, 7) is 10.3. The van der Waals surface area contributed by atoms with Gasteiger partial charge in [0.1, 0.15) is 0 Å². The second-order valence-electron chi connectivity index (χ2n) is 5.27. The molecular weight excluding hydrogens is 320 g/mol. The van der Waals surface area contributed by atoms with E-state index in [9.17, 15) is 0 Å². The lowest BCUT2D eigenvalue weighted by Crippen LogP contribution is -2.44. The van der Waals surface area contributed by atoms with Gasteiger partial charge in [0.2, 0.25) is 0 Å². The van der Waals surface area contributed by atoms with Crippen molar-refractivity contribution in [3.8, 4) is 0 Å². The fraction of sp³-hybridized carbons (Fsp3) is 0.600. The monoisotopic (exact) mass is 342 g/mol. The van der Waals surface area contributed by atoms with Gasteiger partial charge in [-0.25, -0.2) is 0 Å². The van der Waals surface area contributed by atoms with Gasteiger partial charge in [-0.3, -0.25) is 0 Å². The third kappa shape index (κ3) is 5.10. The summed E-state index contributed by atoms with van der Waals surface area (Å²) in [6.07, 6.45) is 1.14. The number of nitrogens with one attached hydrogen (secondary N) is 1. The molecule has 2 nitrogen and oxygen atoms in total. The Morgan fingerprint density at radius 3 is 2.68 bits per heavy atom. The largest absolute Gasteiger partial charge is 0.314 e. The number of piperazine rings is 1. The minimum atomic E-state index is 0.628. The van der Waals surface area contributed by atoms with Crippen LogP contribution in [-0.2, 0) is 6.42 Å². The molecule has 0 amide bonds. The summed E-state index contributed by atoms with van der Waals surface area (Å²) in [5.74, 6) is 0. The van der Waals surface area contributed by atoms with Crippen molar-refractivity contribution in [2.24, 2.45) is 0 Å². The molecule has 19 heavy (non-hydrogen) atoms. The van der Waals surface area contributed by atoms with Gasteiger partial charge >= 0.3 is 0 Å². The second-order valence-corrected chi connectivity index (χ2v) is 7.75. The van der Waals surface area contributed by atoms with E-state index in [-0.39, 0.29) is 0 Å². The van der Waals surface area contributed by atoms with E-state index in [0.717, 1.165) is 19.5 Å². The van der Waals surface area contributed by atoms with Crippen molar-refractivity contribution in [1.82, 2.24) is 10.2 Å². The molecule has 0 saturated carbocycles. The maximum atomic E-state index is 3.70. The standard InChI is InChI=1S/C15H23BrN2S/c1-12(2)19-15-4-3-13(11-14(15)16)5-8-18-9-6-17-7-10-18/h3-4,11-12,17H,5-10H2,1-2H3. The number of hydrogen-bond donors (Lipinski definition) is 1. The van der Waals surface area contributed by atoms with Crippen molar-refractivity contribution in [3.63, 3.8) is 0 Å². The zero-order chi connectivity index (χ0) is 13.7. The number of thioether (sulfide) groups is 1. The van der Waals surface area contributed by atoms with Gasteiger partial charge in [0.05, 0.1) is 0 Å². The normalized spacial score (nSPS) is 17.1. The summed E-state index contributed by atoms with van der Waals surface area (Å²) >= 11 is 5.61. The number of rotatable bonds is 5. The number of benzene rings is 1. The molecular formula is C15H23BrN2S. The van der Waals surface area contributed by atoms with Crippen molar-refractivity contribution in [2.45, 2.75) is 30.4 Å². The van der Waals surface area contributed by atoms with Crippen molar-refractivity contribution in [1.29, 1.82) is 0 Å². The van der Waals surface area contributed by atoms with Crippen LogP contribution in [0.3, 0.4) is 0 Å². The van der Waals surface area contributed by atoms with Gasteiger partial charge in [0.15, 0.2) is 0 Å². The number of nitrogens with zero attached hydrogens (tertiary/aromatic N) is 1. The van der Waals surface area contributed by atoms with Gasteiger partial charge < -0.3 is 10.2 Å². The van der Waals surface area contributed by atoms with Gasteiger partial charge in [0, 0.05) is 47.3 Å². The van der Waals surface area contributed by atoms with E-state index in [2.05, 4.69) is 58.2 Å². The molecule has 1 aliphatic heterocycles. The average molecular weight is 343 g/mol. The zero-order valence-electron chi connectivity index (χ0n) is 11.8. The molecule has 1 heterocycles. The molecule has 1 aromatic rings. The zero-order valence-corrected chi connectivity index (χ0v) is 14.2. The molecule has 1 fully saturated rings. The molecule has 2 rings (SSSR count). The lowest BCUT2D eigenvalue weighted by atomic mass is 10.1. The summed E-state index contributed by atoms with van der Waals surface area (Å²) in [4.78, 5) is 3.89. The molecule has 1 aromatic carbocycles. The Balaban J connectivity index is 1.88. The van der Waals surface area contributed by atoms with Crippen LogP contribution in [0.5, 0.6) is 0 Å². The van der Waals surface area contributed by atoms with Crippen LogP contribution in [0.25, 0.3) is 0 Å². The van der Waals surface area contributed by atoms with Crippen LogP contribution in [-0.4, -0.2) is 42.9 Å². The third-order valence-corrected chi connectivity index (χ3v) is 5.29. The fourth-order valence-electron chi connectivity index (χ4n) is 2.27. The molecule has 1 aliphatic rings. The summed E-state index contributed by atoms with van der Waals surface area (Å²) in [5.41, 5.74) is 1.43. The van der Waals surface area contributed by atoms with Crippen LogP contribution < -0.4 is 5.32 Å². The van der Waals surface area contributed by atoms with Crippen LogP contribution in [0, 0.1) is 0 Å². The van der Waals surface area contributed by atoms with E-state index < -0.39 is 0 Å². The highest BCUT2D eigenvalue weighted by molar-refractivity contribution is 9.10. The first kappa shape index (κ1) is 15.4. The predicted molar refractivity (Wildman–Crippen MR) is 88.1 cm³/mol. The Kier molecular flexibility index (Phi) is 6.20. The van der Waals surface area contributed by atoms with Crippen LogP contribution in [0.4, 0.5) is 0 Å². The molecule has 0 radical (unpaired) electrons. The molecule has 0 aromatic heterocycles. The Morgan fingerprint density at radius 2 is 2.05 bits per heavy atom. The molecule has 0 spiro atoms.